The molecule has 0 aromatic heterocycles. The molecule has 0 aromatic rings. The van der Waals surface area contributed by atoms with E-state index in [1.54, 1.807) is 27.9 Å². The number of carbonyl (C=O) groups excluding carboxylic acids is 2. The van der Waals surface area contributed by atoms with Gasteiger partial charge in [-0.05, 0) is 105 Å². The van der Waals surface area contributed by atoms with Gasteiger partial charge in [0.05, 0.1) is 17.8 Å². The van der Waals surface area contributed by atoms with Crippen LogP contribution in [0.25, 0.3) is 0 Å². The number of hydrogen-bond acceptors (Lipinski definition) is 9. The molecule has 0 unspecified atom stereocenters. The molecule has 0 spiro atoms. The summed E-state index contributed by atoms with van der Waals surface area (Å²) in [5, 5.41) is 14.7. The summed E-state index contributed by atoms with van der Waals surface area (Å²) in [5.74, 6) is -0.983. The minimum absolute atomic E-state index is 0.00870. The zero-order valence-electron chi connectivity index (χ0n) is 27.3. The van der Waals surface area contributed by atoms with Crippen molar-refractivity contribution < 1.29 is 33.6 Å². The Kier molecular flexibility index (Phi) is 11.8. The van der Waals surface area contributed by atoms with E-state index < -0.39 is 41.4 Å². The van der Waals surface area contributed by atoms with Crippen molar-refractivity contribution in [2.24, 2.45) is 29.1 Å². The average Bonchev–Trinajstić information content (AvgIpc) is 2.92. The molecule has 3 aliphatic heterocycles. The van der Waals surface area contributed by atoms with Gasteiger partial charge in [0.2, 0.25) is 0 Å². The maximum absolute atomic E-state index is 14.0. The van der Waals surface area contributed by atoms with Crippen LogP contribution in [-0.2, 0) is 28.5 Å². The Bertz CT molecular complexity index is 874. The number of ether oxygens (including phenoxy) is 4. The van der Waals surface area contributed by atoms with Gasteiger partial charge in [-0.25, -0.2) is 0 Å². The molecule has 0 bridgehead atoms. The van der Waals surface area contributed by atoms with Crippen molar-refractivity contribution in [2.75, 3.05) is 33.4 Å². The number of hydrogen-bond donors (Lipinski definition) is 2. The smallest absolute Gasteiger partial charge is 0.319 e. The number of ketones is 1. The first kappa shape index (κ1) is 34.4. The van der Waals surface area contributed by atoms with Crippen LogP contribution in [0.1, 0.15) is 88.0 Å². The molecule has 3 rings (SSSR count). The van der Waals surface area contributed by atoms with Crippen LogP contribution in [0.3, 0.4) is 0 Å². The summed E-state index contributed by atoms with van der Waals surface area (Å²) in [5.41, 5.74) is -2.26. The number of piperidine rings is 1. The van der Waals surface area contributed by atoms with Crippen molar-refractivity contribution in [2.45, 2.75) is 130 Å². The summed E-state index contributed by atoms with van der Waals surface area (Å²) in [7, 11) is 1.64. The molecule has 9 heteroatoms. The highest BCUT2D eigenvalue weighted by Gasteiger charge is 2.51. The molecule has 9 nitrogen and oxygen atoms in total. The van der Waals surface area contributed by atoms with Crippen molar-refractivity contribution in [1.82, 2.24) is 10.2 Å². The third-order valence-electron chi connectivity index (χ3n) is 10.0. The van der Waals surface area contributed by atoms with Crippen molar-refractivity contribution in [3.8, 4) is 0 Å². The van der Waals surface area contributed by atoms with Crippen molar-refractivity contribution in [3.05, 3.63) is 0 Å². The van der Waals surface area contributed by atoms with E-state index in [1.165, 1.54) is 0 Å². The van der Waals surface area contributed by atoms with Crippen molar-refractivity contribution >= 4 is 11.8 Å². The zero-order valence-corrected chi connectivity index (χ0v) is 27.3. The van der Waals surface area contributed by atoms with Gasteiger partial charge in [-0.1, -0.05) is 20.8 Å². The van der Waals surface area contributed by atoms with E-state index in [0.717, 1.165) is 32.4 Å². The molecule has 3 fully saturated rings. The van der Waals surface area contributed by atoms with Crippen LogP contribution in [-0.4, -0.2) is 97.4 Å². The molecule has 0 aromatic carbocycles. The van der Waals surface area contributed by atoms with Crippen LogP contribution in [0.4, 0.5) is 0 Å². The third kappa shape index (κ3) is 8.09. The molecule has 0 saturated carbocycles. The van der Waals surface area contributed by atoms with Crippen LogP contribution >= 0.6 is 0 Å². The minimum Gasteiger partial charge on any atom is -0.463 e. The normalized spacial score (nSPS) is 40.9. The van der Waals surface area contributed by atoms with E-state index >= 15 is 0 Å². The second kappa shape index (κ2) is 14.1. The van der Waals surface area contributed by atoms with Gasteiger partial charge in [-0.2, -0.15) is 0 Å². The molecule has 41 heavy (non-hydrogen) atoms. The lowest BCUT2D eigenvalue weighted by molar-refractivity contribution is -0.295. The van der Waals surface area contributed by atoms with Gasteiger partial charge in [0.15, 0.2) is 12.1 Å². The first-order valence-corrected chi connectivity index (χ1v) is 15.8. The van der Waals surface area contributed by atoms with Gasteiger partial charge in [0.1, 0.15) is 18.1 Å². The predicted octanol–water partition coefficient (Wildman–Crippen LogP) is 3.80. The highest BCUT2D eigenvalue weighted by atomic mass is 16.7. The number of esters is 1. The first-order chi connectivity index (χ1) is 19.1. The van der Waals surface area contributed by atoms with E-state index in [2.05, 4.69) is 31.0 Å². The van der Waals surface area contributed by atoms with E-state index in [4.69, 9.17) is 18.9 Å². The molecule has 0 radical (unpaired) electrons. The number of Topliss-reactive ketones (excluding diaryl/α,β-unsaturated/α-hetero) is 1. The molecule has 3 aliphatic rings. The summed E-state index contributed by atoms with van der Waals surface area (Å²) in [6.45, 7) is 20.6. The minimum atomic E-state index is -1.38. The second-order valence-electron chi connectivity index (χ2n) is 14.3. The topological polar surface area (TPSA) is 107 Å². The summed E-state index contributed by atoms with van der Waals surface area (Å²) in [6.07, 6.45) is 0.820. The zero-order chi connectivity index (χ0) is 30.7. The SMILES string of the molecule is CO[C@]1(C)C[C@@H](C)CN[C@H](C2CCN(C(C)C)CC2)COC(=O)C(C)(C)C(=O)[C@H](C)[C@H]1O[C@@H]1O[C@H](C)C[C@H](C)[C@H]1O. The highest BCUT2D eigenvalue weighted by Crippen LogP contribution is 2.38. The fourth-order valence-electron chi connectivity index (χ4n) is 7.13. The third-order valence-corrected chi connectivity index (χ3v) is 10.0. The van der Waals surface area contributed by atoms with E-state index in [9.17, 15) is 14.7 Å². The number of aliphatic hydroxyl groups is 1. The molecular weight excluding hydrogens is 524 g/mol. The number of methoxy groups -OCH3 is 1. The first-order valence-electron chi connectivity index (χ1n) is 15.8. The van der Waals surface area contributed by atoms with Crippen LogP contribution in [0.2, 0.25) is 0 Å². The Morgan fingerprint density at radius 1 is 1.07 bits per heavy atom. The van der Waals surface area contributed by atoms with Crippen LogP contribution in [0, 0.1) is 29.1 Å². The molecule has 0 aliphatic carbocycles. The molecule has 3 heterocycles. The number of likely N-dealkylation sites (tertiary alicyclic amines) is 1. The van der Waals surface area contributed by atoms with Gasteiger partial charge < -0.3 is 34.3 Å². The number of cyclic esters (lactones) is 1. The quantitative estimate of drug-likeness (QED) is 0.370. The Morgan fingerprint density at radius 2 is 1.71 bits per heavy atom. The van der Waals surface area contributed by atoms with Gasteiger partial charge in [-0.3, -0.25) is 9.59 Å². The van der Waals surface area contributed by atoms with Crippen LogP contribution in [0.5, 0.6) is 0 Å². The average molecular weight is 583 g/mol. The Morgan fingerprint density at radius 3 is 2.29 bits per heavy atom. The number of aliphatic hydroxyl groups excluding tert-OH is 1. The fourth-order valence-corrected chi connectivity index (χ4v) is 7.13. The Labute approximate surface area is 248 Å². The lowest BCUT2D eigenvalue weighted by Crippen LogP contribution is -2.57. The fraction of sp³-hybridized carbons (Fsp3) is 0.938. The highest BCUT2D eigenvalue weighted by molar-refractivity contribution is 6.04. The molecule has 238 valence electrons. The summed E-state index contributed by atoms with van der Waals surface area (Å²) in [4.78, 5) is 30.0. The van der Waals surface area contributed by atoms with Crippen LogP contribution in [0.15, 0.2) is 0 Å². The Hall–Kier alpha value is -1.10. The summed E-state index contributed by atoms with van der Waals surface area (Å²) < 4.78 is 24.6. The molecular formula is C32H58N2O7. The predicted molar refractivity (Wildman–Crippen MR) is 158 cm³/mol. The van der Waals surface area contributed by atoms with E-state index in [1.807, 2.05) is 20.8 Å². The second-order valence-corrected chi connectivity index (χ2v) is 14.3. The maximum atomic E-state index is 14.0. The van der Waals surface area contributed by atoms with E-state index in [0.29, 0.717) is 24.9 Å². The summed E-state index contributed by atoms with van der Waals surface area (Å²) >= 11 is 0. The lowest BCUT2D eigenvalue weighted by atomic mass is 9.74. The van der Waals surface area contributed by atoms with Gasteiger partial charge in [-0.15, -0.1) is 0 Å². The van der Waals surface area contributed by atoms with E-state index in [-0.39, 0.29) is 36.4 Å². The van der Waals surface area contributed by atoms with Gasteiger partial charge in [0, 0.05) is 25.1 Å². The number of nitrogens with zero attached hydrogens (tertiary/aromatic N) is 1. The lowest BCUT2D eigenvalue weighted by Gasteiger charge is -2.45. The van der Waals surface area contributed by atoms with Gasteiger partial charge >= 0.3 is 5.97 Å². The standard InChI is InChI=1S/C32H58N2O7/c1-19(2)34-13-11-24(12-14-34)25-18-39-30(37)31(7,8)27(36)23(6)28(32(9,38-10)16-20(3)17-33-25)41-29-26(35)21(4)15-22(5)40-29/h19-26,28-29,33,35H,11-18H2,1-10H3/t20-,21+,22-,23+,25+,26-,28-,29+,32-/m1/s1. The summed E-state index contributed by atoms with van der Waals surface area (Å²) in [6, 6.07) is 0.526. The molecule has 0 amide bonds. The monoisotopic (exact) mass is 582 g/mol. The largest absolute Gasteiger partial charge is 0.463 e. The van der Waals surface area contributed by atoms with Gasteiger partial charge in [0.25, 0.3) is 0 Å². The number of nitrogens with one attached hydrogen (secondary N) is 1. The molecule has 3 saturated heterocycles. The molecule has 9 atom stereocenters. The van der Waals surface area contributed by atoms with Crippen molar-refractivity contribution in [1.29, 1.82) is 0 Å². The molecule has 2 N–H and O–H groups in total. The van der Waals surface area contributed by atoms with Crippen LogP contribution < -0.4 is 5.32 Å². The number of carbonyl (C=O) groups is 2. The number of rotatable bonds is 5. The maximum Gasteiger partial charge on any atom is 0.319 e. The Balaban J connectivity index is 1.90. The van der Waals surface area contributed by atoms with Crippen molar-refractivity contribution in [3.63, 3.8) is 0 Å².